The van der Waals surface area contributed by atoms with Crippen molar-refractivity contribution in [3.63, 3.8) is 0 Å². The fourth-order valence-corrected chi connectivity index (χ4v) is 4.08. The molecule has 0 bridgehead atoms. The molecule has 26 heavy (non-hydrogen) atoms. The third-order valence-corrected chi connectivity index (χ3v) is 5.56. The second-order valence-corrected chi connectivity index (χ2v) is 7.73. The molecule has 1 aromatic carbocycles. The number of carbonyl (C=O) groups is 1. The van der Waals surface area contributed by atoms with E-state index in [0.29, 0.717) is 23.1 Å². The zero-order chi connectivity index (χ0) is 18.5. The smallest absolute Gasteiger partial charge is 0.387 e. The highest BCUT2D eigenvalue weighted by molar-refractivity contribution is 9.10. The summed E-state index contributed by atoms with van der Waals surface area (Å²) in [6, 6.07) is 4.69. The van der Waals surface area contributed by atoms with Crippen molar-refractivity contribution in [2.45, 2.75) is 25.4 Å². The lowest BCUT2D eigenvalue weighted by molar-refractivity contribution is -0.127. The van der Waals surface area contributed by atoms with E-state index in [-0.39, 0.29) is 17.6 Å². The molecular formula is C18H17BrF2N2O2S. The number of thiazole rings is 1. The minimum Gasteiger partial charge on any atom is -0.434 e. The quantitative estimate of drug-likeness (QED) is 0.616. The summed E-state index contributed by atoms with van der Waals surface area (Å²) in [5.74, 6) is 0.144. The van der Waals surface area contributed by atoms with Crippen molar-refractivity contribution < 1.29 is 18.3 Å². The first-order valence-corrected chi connectivity index (χ1v) is 9.81. The van der Waals surface area contributed by atoms with Gasteiger partial charge in [-0.25, -0.2) is 4.98 Å². The van der Waals surface area contributed by atoms with Crippen LogP contribution in [0.4, 0.5) is 8.78 Å². The van der Waals surface area contributed by atoms with Gasteiger partial charge in [0, 0.05) is 46.7 Å². The van der Waals surface area contributed by atoms with Crippen LogP contribution in [0, 0.1) is 0 Å². The van der Waals surface area contributed by atoms with Crippen molar-refractivity contribution in [2.75, 3.05) is 13.1 Å². The summed E-state index contributed by atoms with van der Waals surface area (Å²) >= 11 is 4.90. The standard InChI is InChI=1S/C18H17BrF2N2O2S/c19-14-4-5-15(25-18(20)21)12(10-14)3-6-16(24)23-8-1-2-13(11-23)17-22-7-9-26-17/h3-7,9-10,13,18H,1-2,8,11H2/b6-3+. The van der Waals surface area contributed by atoms with Gasteiger partial charge in [0.25, 0.3) is 0 Å². The van der Waals surface area contributed by atoms with Gasteiger partial charge >= 0.3 is 6.61 Å². The number of piperidine rings is 1. The van der Waals surface area contributed by atoms with Crippen LogP contribution in [0.2, 0.25) is 0 Å². The Bertz CT molecular complexity index is 784. The highest BCUT2D eigenvalue weighted by atomic mass is 79.9. The summed E-state index contributed by atoms with van der Waals surface area (Å²) in [4.78, 5) is 18.6. The molecule has 1 amide bonds. The van der Waals surface area contributed by atoms with Gasteiger partial charge < -0.3 is 9.64 Å². The number of amides is 1. The molecule has 4 nitrogen and oxygen atoms in total. The third-order valence-electron chi connectivity index (χ3n) is 4.13. The Labute approximate surface area is 162 Å². The predicted octanol–water partition coefficient (Wildman–Crippen LogP) is 4.93. The molecule has 3 rings (SSSR count). The molecule has 1 aliphatic heterocycles. The summed E-state index contributed by atoms with van der Waals surface area (Å²) in [7, 11) is 0. The first-order chi connectivity index (χ1) is 12.5. The lowest BCUT2D eigenvalue weighted by Gasteiger charge is -2.31. The summed E-state index contributed by atoms with van der Waals surface area (Å²) in [6.45, 7) is -1.61. The van der Waals surface area contributed by atoms with Crippen LogP contribution in [0.15, 0.2) is 40.3 Å². The average molecular weight is 443 g/mol. The number of hydrogen-bond donors (Lipinski definition) is 0. The Hall–Kier alpha value is -1.80. The van der Waals surface area contributed by atoms with Crippen LogP contribution in [0.1, 0.15) is 29.3 Å². The maximum absolute atomic E-state index is 12.5. The Morgan fingerprint density at radius 2 is 2.31 bits per heavy atom. The molecule has 138 valence electrons. The molecular weight excluding hydrogens is 426 g/mol. The Kier molecular flexibility index (Phi) is 6.37. The molecule has 1 aromatic heterocycles. The van der Waals surface area contributed by atoms with Crippen molar-refractivity contribution >= 4 is 39.2 Å². The van der Waals surface area contributed by atoms with Crippen LogP contribution in [0.3, 0.4) is 0 Å². The van der Waals surface area contributed by atoms with Gasteiger partial charge in [-0.3, -0.25) is 4.79 Å². The molecule has 2 aromatic rings. The molecule has 0 radical (unpaired) electrons. The topological polar surface area (TPSA) is 42.4 Å². The number of likely N-dealkylation sites (tertiary alicyclic amines) is 1. The van der Waals surface area contributed by atoms with Crippen LogP contribution in [-0.4, -0.2) is 35.5 Å². The highest BCUT2D eigenvalue weighted by Gasteiger charge is 2.25. The SMILES string of the molecule is O=C(/C=C/c1cc(Br)ccc1OC(F)F)N1CCCC(c2nccs2)C1. The van der Waals surface area contributed by atoms with Crippen LogP contribution in [0.25, 0.3) is 6.08 Å². The van der Waals surface area contributed by atoms with Crippen LogP contribution in [-0.2, 0) is 4.79 Å². The fraction of sp³-hybridized carbons (Fsp3) is 0.333. The van der Waals surface area contributed by atoms with Gasteiger partial charge in [0.2, 0.25) is 5.91 Å². The number of halogens is 3. The summed E-state index contributed by atoms with van der Waals surface area (Å²) < 4.78 is 30.3. The molecule has 2 heterocycles. The summed E-state index contributed by atoms with van der Waals surface area (Å²) in [5.41, 5.74) is 0.418. The number of carbonyl (C=O) groups excluding carboxylic acids is 1. The second kappa shape index (κ2) is 8.73. The highest BCUT2D eigenvalue weighted by Crippen LogP contribution is 2.29. The van der Waals surface area contributed by atoms with Crippen molar-refractivity contribution in [2.24, 2.45) is 0 Å². The van der Waals surface area contributed by atoms with E-state index in [4.69, 9.17) is 0 Å². The summed E-state index contributed by atoms with van der Waals surface area (Å²) in [5, 5.41) is 2.99. The average Bonchev–Trinajstić information content (AvgIpc) is 3.16. The zero-order valence-corrected chi connectivity index (χ0v) is 16.2. The first kappa shape index (κ1) is 19.0. The molecule has 0 N–H and O–H groups in total. The van der Waals surface area contributed by atoms with E-state index in [1.165, 1.54) is 18.2 Å². The number of aromatic nitrogens is 1. The van der Waals surface area contributed by atoms with Gasteiger partial charge in [0.1, 0.15) is 5.75 Å². The molecule has 1 aliphatic rings. The van der Waals surface area contributed by atoms with E-state index >= 15 is 0 Å². The molecule has 1 saturated heterocycles. The molecule has 1 fully saturated rings. The number of ether oxygens (including phenoxy) is 1. The van der Waals surface area contributed by atoms with E-state index in [1.54, 1.807) is 34.6 Å². The van der Waals surface area contributed by atoms with Gasteiger partial charge in [-0.15, -0.1) is 11.3 Å². The minimum atomic E-state index is -2.92. The molecule has 0 spiro atoms. The third kappa shape index (κ3) is 4.88. The monoisotopic (exact) mass is 442 g/mol. The maximum Gasteiger partial charge on any atom is 0.387 e. The lowest BCUT2D eigenvalue weighted by atomic mass is 9.98. The number of hydrogen-bond acceptors (Lipinski definition) is 4. The van der Waals surface area contributed by atoms with Crippen molar-refractivity contribution in [1.82, 2.24) is 9.88 Å². The normalized spacial score (nSPS) is 17.8. The summed E-state index contributed by atoms with van der Waals surface area (Å²) in [6.07, 6.45) is 6.63. The van der Waals surface area contributed by atoms with E-state index < -0.39 is 6.61 Å². The maximum atomic E-state index is 12.5. The van der Waals surface area contributed by atoms with Crippen molar-refractivity contribution in [3.8, 4) is 5.75 Å². The number of alkyl halides is 2. The van der Waals surface area contributed by atoms with Gasteiger partial charge in [-0.05, 0) is 37.1 Å². The van der Waals surface area contributed by atoms with E-state index in [2.05, 4.69) is 25.7 Å². The Morgan fingerprint density at radius 1 is 1.46 bits per heavy atom. The Balaban J connectivity index is 1.70. The molecule has 0 saturated carbocycles. The first-order valence-electron chi connectivity index (χ1n) is 8.13. The number of benzene rings is 1. The fourth-order valence-electron chi connectivity index (χ4n) is 2.93. The van der Waals surface area contributed by atoms with Crippen LogP contribution in [0.5, 0.6) is 5.75 Å². The van der Waals surface area contributed by atoms with Gasteiger partial charge in [-0.2, -0.15) is 8.78 Å². The zero-order valence-electron chi connectivity index (χ0n) is 13.8. The van der Waals surface area contributed by atoms with Crippen molar-refractivity contribution in [1.29, 1.82) is 0 Å². The van der Waals surface area contributed by atoms with Gasteiger partial charge in [-0.1, -0.05) is 15.9 Å². The number of rotatable bonds is 5. The number of nitrogens with zero attached hydrogens (tertiary/aromatic N) is 2. The van der Waals surface area contributed by atoms with E-state index in [9.17, 15) is 13.6 Å². The van der Waals surface area contributed by atoms with E-state index in [0.717, 1.165) is 17.8 Å². The molecule has 8 heteroatoms. The second-order valence-electron chi connectivity index (χ2n) is 5.89. The van der Waals surface area contributed by atoms with Gasteiger partial charge in [0.15, 0.2) is 0 Å². The van der Waals surface area contributed by atoms with Gasteiger partial charge in [0.05, 0.1) is 5.01 Å². The minimum absolute atomic E-state index is 0.0338. The van der Waals surface area contributed by atoms with Crippen LogP contribution >= 0.6 is 27.3 Å². The molecule has 1 unspecified atom stereocenters. The lowest BCUT2D eigenvalue weighted by Crippen LogP contribution is -2.38. The van der Waals surface area contributed by atoms with Crippen molar-refractivity contribution in [3.05, 3.63) is 50.9 Å². The predicted molar refractivity (Wildman–Crippen MR) is 100 cm³/mol. The van der Waals surface area contributed by atoms with Crippen LogP contribution < -0.4 is 4.74 Å². The molecule has 1 atom stereocenters. The Morgan fingerprint density at radius 3 is 3.04 bits per heavy atom. The van der Waals surface area contributed by atoms with E-state index in [1.807, 2.05) is 5.38 Å². The molecule has 0 aliphatic carbocycles. The largest absolute Gasteiger partial charge is 0.434 e.